The molecule has 0 amide bonds. The van der Waals surface area contributed by atoms with Gasteiger partial charge in [0, 0.05) is 25.2 Å². The van der Waals surface area contributed by atoms with Crippen molar-refractivity contribution >= 4 is 17.6 Å². The van der Waals surface area contributed by atoms with E-state index in [9.17, 15) is 4.79 Å². The summed E-state index contributed by atoms with van der Waals surface area (Å²) >= 11 is 0. The third-order valence-corrected chi connectivity index (χ3v) is 5.83. The molecule has 7 nitrogen and oxygen atoms in total. The average molecular weight is 421 g/mol. The standard InChI is InChI=1S/C24H27N3O4/c1-16(18-7-5-17(6-8-18)13-27-14-20(15-27)24(28)29)26-31-23(25)19-9-11-22(12-10-19)30-21-3-2-4-21/h5-12,20-21,25H,2-4,13-15H2,1H3,(H,28,29)/b25-23?,26-16+. The third kappa shape index (κ3) is 5.30. The molecule has 2 aromatic carbocycles. The van der Waals surface area contributed by atoms with Crippen molar-refractivity contribution in [2.75, 3.05) is 13.1 Å². The van der Waals surface area contributed by atoms with Crippen molar-refractivity contribution in [3.63, 3.8) is 0 Å². The van der Waals surface area contributed by atoms with Crippen LogP contribution in [0.2, 0.25) is 0 Å². The number of likely N-dealkylation sites (tertiary alicyclic amines) is 1. The fourth-order valence-electron chi connectivity index (χ4n) is 3.55. The van der Waals surface area contributed by atoms with E-state index in [-0.39, 0.29) is 11.8 Å². The quantitative estimate of drug-likeness (QED) is 0.383. The molecule has 1 saturated carbocycles. The van der Waals surface area contributed by atoms with Gasteiger partial charge in [0.25, 0.3) is 0 Å². The Morgan fingerprint density at radius 1 is 1.10 bits per heavy atom. The molecule has 2 aliphatic rings. The highest BCUT2D eigenvalue weighted by atomic mass is 16.6. The highest BCUT2D eigenvalue weighted by Crippen LogP contribution is 2.25. The van der Waals surface area contributed by atoms with E-state index in [2.05, 4.69) is 10.1 Å². The zero-order valence-electron chi connectivity index (χ0n) is 17.6. The van der Waals surface area contributed by atoms with Crippen LogP contribution in [0.3, 0.4) is 0 Å². The van der Waals surface area contributed by atoms with Gasteiger partial charge >= 0.3 is 5.97 Å². The summed E-state index contributed by atoms with van der Waals surface area (Å²) in [4.78, 5) is 18.3. The number of nitrogens with zero attached hydrogens (tertiary/aromatic N) is 2. The van der Waals surface area contributed by atoms with E-state index in [0.717, 1.165) is 36.3 Å². The summed E-state index contributed by atoms with van der Waals surface area (Å²) in [6.45, 7) is 3.77. The number of ether oxygens (including phenoxy) is 1. The Kier molecular flexibility index (Phi) is 6.32. The Bertz CT molecular complexity index is 959. The summed E-state index contributed by atoms with van der Waals surface area (Å²) in [6.07, 6.45) is 3.78. The van der Waals surface area contributed by atoms with E-state index >= 15 is 0 Å². The van der Waals surface area contributed by atoms with Crippen LogP contribution < -0.4 is 4.74 Å². The van der Waals surface area contributed by atoms with Crippen LogP contribution in [0.5, 0.6) is 5.75 Å². The zero-order valence-corrected chi connectivity index (χ0v) is 17.6. The van der Waals surface area contributed by atoms with Crippen LogP contribution in [0.4, 0.5) is 0 Å². The van der Waals surface area contributed by atoms with Gasteiger partial charge in [-0.15, -0.1) is 0 Å². The number of hydrogen-bond donors (Lipinski definition) is 2. The maximum absolute atomic E-state index is 10.9. The number of carboxylic acid groups (broad SMARTS) is 1. The Hall–Kier alpha value is -3.19. The molecule has 0 aromatic heterocycles. The number of carbonyl (C=O) groups is 1. The SMILES string of the molecule is C/C(=N\OC(=N)c1ccc(OC2CCC2)cc1)c1ccc(CN2CC(C(=O)O)C2)cc1. The normalized spacial score (nSPS) is 17.5. The lowest BCUT2D eigenvalue weighted by atomic mass is 9.96. The summed E-state index contributed by atoms with van der Waals surface area (Å²) in [5.41, 5.74) is 3.35. The minimum Gasteiger partial charge on any atom is -0.490 e. The van der Waals surface area contributed by atoms with Crippen LogP contribution in [0.1, 0.15) is 42.9 Å². The predicted molar refractivity (Wildman–Crippen MR) is 118 cm³/mol. The maximum atomic E-state index is 10.9. The first-order chi connectivity index (χ1) is 15.0. The van der Waals surface area contributed by atoms with Gasteiger partial charge in [0.15, 0.2) is 0 Å². The minimum absolute atomic E-state index is 0.0167. The molecule has 0 spiro atoms. The van der Waals surface area contributed by atoms with Gasteiger partial charge in [-0.1, -0.05) is 29.4 Å². The molecule has 4 rings (SSSR count). The van der Waals surface area contributed by atoms with Gasteiger partial charge in [-0.2, -0.15) is 0 Å². The number of carboxylic acids is 1. The van der Waals surface area contributed by atoms with Crippen molar-refractivity contribution in [2.45, 2.75) is 38.8 Å². The van der Waals surface area contributed by atoms with E-state index in [1.54, 1.807) is 12.1 Å². The monoisotopic (exact) mass is 421 g/mol. The molecule has 31 heavy (non-hydrogen) atoms. The molecule has 0 atom stereocenters. The van der Waals surface area contributed by atoms with Crippen molar-refractivity contribution in [1.82, 2.24) is 4.90 Å². The van der Waals surface area contributed by atoms with Crippen LogP contribution in [0, 0.1) is 11.3 Å². The van der Waals surface area contributed by atoms with Gasteiger partial charge in [-0.25, -0.2) is 0 Å². The lowest BCUT2D eigenvalue weighted by molar-refractivity contribution is -0.147. The predicted octanol–water partition coefficient (Wildman–Crippen LogP) is 3.90. The van der Waals surface area contributed by atoms with Gasteiger partial charge < -0.3 is 14.7 Å². The highest BCUT2D eigenvalue weighted by Gasteiger charge is 2.32. The van der Waals surface area contributed by atoms with Crippen LogP contribution >= 0.6 is 0 Å². The first kappa shape index (κ1) is 21.1. The van der Waals surface area contributed by atoms with Crippen molar-refractivity contribution < 1.29 is 19.5 Å². The van der Waals surface area contributed by atoms with Crippen LogP contribution in [0.15, 0.2) is 53.7 Å². The molecule has 162 valence electrons. The highest BCUT2D eigenvalue weighted by molar-refractivity contribution is 5.99. The number of nitrogens with one attached hydrogen (secondary N) is 1. The van der Waals surface area contributed by atoms with E-state index in [1.165, 1.54) is 6.42 Å². The van der Waals surface area contributed by atoms with Gasteiger partial charge in [0.05, 0.1) is 17.7 Å². The molecule has 7 heteroatoms. The van der Waals surface area contributed by atoms with Gasteiger partial charge in [0.2, 0.25) is 5.90 Å². The second-order valence-corrected chi connectivity index (χ2v) is 8.22. The largest absolute Gasteiger partial charge is 0.490 e. The fourth-order valence-corrected chi connectivity index (χ4v) is 3.55. The summed E-state index contributed by atoms with van der Waals surface area (Å²) in [7, 11) is 0. The molecule has 2 fully saturated rings. The number of oxime groups is 1. The van der Waals surface area contributed by atoms with Crippen LogP contribution in [-0.4, -0.2) is 46.8 Å². The lowest BCUT2D eigenvalue weighted by Crippen LogP contribution is -2.49. The van der Waals surface area contributed by atoms with Crippen LogP contribution in [-0.2, 0) is 16.2 Å². The van der Waals surface area contributed by atoms with Crippen LogP contribution in [0.25, 0.3) is 0 Å². The maximum Gasteiger partial charge on any atom is 0.309 e. The molecule has 1 aliphatic carbocycles. The van der Waals surface area contributed by atoms with E-state index < -0.39 is 5.97 Å². The Labute approximate surface area is 181 Å². The number of aliphatic carboxylic acids is 1. The number of hydrogen-bond acceptors (Lipinski definition) is 6. The molecular weight excluding hydrogens is 394 g/mol. The van der Waals surface area contributed by atoms with E-state index in [0.29, 0.717) is 30.5 Å². The summed E-state index contributed by atoms with van der Waals surface area (Å²) in [6, 6.07) is 15.3. The third-order valence-electron chi connectivity index (χ3n) is 5.83. The molecule has 2 aromatic rings. The number of rotatable bonds is 8. The summed E-state index contributed by atoms with van der Waals surface area (Å²) in [5, 5.41) is 21.2. The van der Waals surface area contributed by atoms with Gasteiger partial charge in [-0.3, -0.25) is 15.1 Å². The molecule has 0 radical (unpaired) electrons. The zero-order chi connectivity index (χ0) is 21.8. The van der Waals surface area contributed by atoms with E-state index in [1.807, 2.05) is 43.3 Å². The molecule has 2 N–H and O–H groups in total. The summed E-state index contributed by atoms with van der Waals surface area (Å²) < 4.78 is 5.83. The topological polar surface area (TPSA) is 95.2 Å². The Morgan fingerprint density at radius 2 is 1.74 bits per heavy atom. The molecule has 0 bridgehead atoms. The number of benzene rings is 2. The average Bonchev–Trinajstić information content (AvgIpc) is 2.71. The molecule has 1 saturated heterocycles. The molecule has 1 aliphatic heterocycles. The van der Waals surface area contributed by atoms with Crippen molar-refractivity contribution in [3.05, 3.63) is 65.2 Å². The first-order valence-corrected chi connectivity index (χ1v) is 10.6. The fraction of sp³-hybridized carbons (Fsp3) is 0.375. The van der Waals surface area contributed by atoms with Crippen molar-refractivity contribution in [2.24, 2.45) is 11.1 Å². The van der Waals surface area contributed by atoms with Crippen molar-refractivity contribution in [1.29, 1.82) is 5.41 Å². The minimum atomic E-state index is -0.720. The Balaban J connectivity index is 1.27. The second-order valence-electron chi connectivity index (χ2n) is 8.22. The molecule has 0 unspecified atom stereocenters. The smallest absolute Gasteiger partial charge is 0.309 e. The van der Waals surface area contributed by atoms with Crippen molar-refractivity contribution in [3.8, 4) is 5.75 Å². The molecular formula is C24H27N3O4. The molecule has 1 heterocycles. The lowest BCUT2D eigenvalue weighted by Gasteiger charge is -2.36. The van der Waals surface area contributed by atoms with E-state index in [4.69, 9.17) is 20.1 Å². The van der Waals surface area contributed by atoms with Gasteiger partial charge in [-0.05, 0) is 61.6 Å². The summed E-state index contributed by atoms with van der Waals surface area (Å²) in [5.74, 6) is -0.163. The van der Waals surface area contributed by atoms with Gasteiger partial charge in [0.1, 0.15) is 5.75 Å². The first-order valence-electron chi connectivity index (χ1n) is 10.6. The Morgan fingerprint density at radius 3 is 2.32 bits per heavy atom. The second kappa shape index (κ2) is 9.31.